The summed E-state index contributed by atoms with van der Waals surface area (Å²) in [4.78, 5) is 4.36. The van der Waals surface area contributed by atoms with Crippen LogP contribution < -0.4 is 14.8 Å². The molecule has 1 unspecified atom stereocenters. The molecule has 1 N–H and O–H groups in total. The van der Waals surface area contributed by atoms with Crippen molar-refractivity contribution in [1.82, 2.24) is 10.3 Å². The van der Waals surface area contributed by atoms with E-state index in [-0.39, 0.29) is 6.04 Å². The highest BCUT2D eigenvalue weighted by molar-refractivity contribution is 5.72. The molecule has 1 heterocycles. The van der Waals surface area contributed by atoms with Gasteiger partial charge in [-0.25, -0.2) is 4.98 Å². The van der Waals surface area contributed by atoms with E-state index in [0.29, 0.717) is 23.1 Å². The molecule has 0 saturated heterocycles. The summed E-state index contributed by atoms with van der Waals surface area (Å²) in [6.45, 7) is 5.09. The Balaban J connectivity index is 2.33. The van der Waals surface area contributed by atoms with Crippen molar-refractivity contribution in [3.63, 3.8) is 0 Å². The van der Waals surface area contributed by atoms with Crippen LogP contribution in [-0.4, -0.2) is 25.7 Å². The molecule has 0 aliphatic heterocycles. The Hall–Kier alpha value is -2.01. The van der Waals surface area contributed by atoms with Crippen LogP contribution in [0.1, 0.15) is 32.2 Å². The lowest BCUT2D eigenvalue weighted by Crippen LogP contribution is -2.19. The van der Waals surface area contributed by atoms with Gasteiger partial charge in [0.2, 0.25) is 5.89 Å². The summed E-state index contributed by atoms with van der Waals surface area (Å²) in [5, 5.41) is 3.35. The second kappa shape index (κ2) is 7.13. The number of oxazole rings is 1. The fourth-order valence-electron chi connectivity index (χ4n) is 2.15. The first kappa shape index (κ1) is 15.4. The molecule has 0 spiro atoms. The monoisotopic (exact) mass is 290 g/mol. The molecule has 2 aromatic rings. The van der Waals surface area contributed by atoms with Gasteiger partial charge in [-0.1, -0.05) is 13.0 Å². The lowest BCUT2D eigenvalue weighted by molar-refractivity contribution is 0.389. The molecule has 2 rings (SSSR count). The SMILES string of the molecule is CCCNC(C)c1ncc(-c2c(OC)cccc2OC)o1. The van der Waals surface area contributed by atoms with Crippen LogP contribution in [0.5, 0.6) is 11.5 Å². The fourth-order valence-corrected chi connectivity index (χ4v) is 2.15. The average Bonchev–Trinajstić information content (AvgIpc) is 3.01. The van der Waals surface area contributed by atoms with E-state index in [9.17, 15) is 0 Å². The van der Waals surface area contributed by atoms with Gasteiger partial charge < -0.3 is 19.2 Å². The van der Waals surface area contributed by atoms with E-state index < -0.39 is 0 Å². The number of hydrogen-bond donors (Lipinski definition) is 1. The molecule has 0 bridgehead atoms. The summed E-state index contributed by atoms with van der Waals surface area (Å²) in [5.41, 5.74) is 0.781. The Morgan fingerprint density at radius 2 is 1.90 bits per heavy atom. The number of rotatable bonds is 7. The van der Waals surface area contributed by atoms with Gasteiger partial charge in [0.15, 0.2) is 5.76 Å². The van der Waals surface area contributed by atoms with Crippen LogP contribution in [0.4, 0.5) is 0 Å². The highest BCUT2D eigenvalue weighted by atomic mass is 16.5. The highest BCUT2D eigenvalue weighted by Crippen LogP contribution is 2.38. The van der Waals surface area contributed by atoms with Crippen LogP contribution in [0.2, 0.25) is 0 Å². The summed E-state index contributed by atoms with van der Waals surface area (Å²) in [5.74, 6) is 2.70. The van der Waals surface area contributed by atoms with Gasteiger partial charge in [0.05, 0.1) is 26.5 Å². The first-order valence-electron chi connectivity index (χ1n) is 7.11. The normalized spacial score (nSPS) is 12.2. The number of nitrogens with zero attached hydrogens (tertiary/aromatic N) is 1. The van der Waals surface area contributed by atoms with Crippen molar-refractivity contribution < 1.29 is 13.9 Å². The third-order valence-corrected chi connectivity index (χ3v) is 3.27. The zero-order chi connectivity index (χ0) is 15.2. The second-order valence-corrected chi connectivity index (χ2v) is 4.78. The molecule has 0 fully saturated rings. The molecule has 5 heteroatoms. The van der Waals surface area contributed by atoms with Crippen molar-refractivity contribution in [2.24, 2.45) is 0 Å². The molecule has 1 aromatic carbocycles. The molecule has 0 saturated carbocycles. The van der Waals surface area contributed by atoms with Crippen molar-refractivity contribution in [3.05, 3.63) is 30.3 Å². The smallest absolute Gasteiger partial charge is 0.211 e. The third-order valence-electron chi connectivity index (χ3n) is 3.27. The highest BCUT2D eigenvalue weighted by Gasteiger charge is 2.18. The Labute approximate surface area is 125 Å². The minimum atomic E-state index is 0.0689. The van der Waals surface area contributed by atoms with E-state index in [1.807, 2.05) is 25.1 Å². The minimum Gasteiger partial charge on any atom is -0.496 e. The molecule has 0 radical (unpaired) electrons. The number of aromatic nitrogens is 1. The van der Waals surface area contributed by atoms with E-state index in [1.165, 1.54) is 0 Å². The van der Waals surface area contributed by atoms with Crippen molar-refractivity contribution in [2.45, 2.75) is 26.3 Å². The summed E-state index contributed by atoms with van der Waals surface area (Å²) in [6, 6.07) is 5.70. The maximum atomic E-state index is 5.88. The van der Waals surface area contributed by atoms with Crippen molar-refractivity contribution in [2.75, 3.05) is 20.8 Å². The molecule has 21 heavy (non-hydrogen) atoms. The summed E-state index contributed by atoms with van der Waals surface area (Å²) < 4.78 is 16.7. The minimum absolute atomic E-state index is 0.0689. The molecule has 114 valence electrons. The maximum Gasteiger partial charge on any atom is 0.211 e. The quantitative estimate of drug-likeness (QED) is 0.846. The Morgan fingerprint density at radius 3 is 2.48 bits per heavy atom. The van der Waals surface area contributed by atoms with Gasteiger partial charge >= 0.3 is 0 Å². The van der Waals surface area contributed by atoms with Gasteiger partial charge in [0, 0.05) is 0 Å². The summed E-state index contributed by atoms with van der Waals surface area (Å²) in [7, 11) is 3.25. The predicted molar refractivity (Wildman–Crippen MR) is 81.8 cm³/mol. The number of ether oxygens (including phenoxy) is 2. The van der Waals surface area contributed by atoms with E-state index in [0.717, 1.165) is 18.5 Å². The van der Waals surface area contributed by atoms with E-state index in [1.54, 1.807) is 20.4 Å². The van der Waals surface area contributed by atoms with Crippen LogP contribution in [-0.2, 0) is 0 Å². The van der Waals surface area contributed by atoms with Gasteiger partial charge in [-0.15, -0.1) is 0 Å². The van der Waals surface area contributed by atoms with Crippen molar-refractivity contribution in [3.8, 4) is 22.8 Å². The average molecular weight is 290 g/mol. The first-order chi connectivity index (χ1) is 10.2. The number of methoxy groups -OCH3 is 2. The molecule has 5 nitrogen and oxygen atoms in total. The van der Waals surface area contributed by atoms with Gasteiger partial charge in [-0.2, -0.15) is 0 Å². The summed E-state index contributed by atoms with van der Waals surface area (Å²) in [6.07, 6.45) is 2.78. The van der Waals surface area contributed by atoms with Crippen LogP contribution in [0.15, 0.2) is 28.8 Å². The van der Waals surface area contributed by atoms with Gasteiger partial charge in [-0.3, -0.25) is 0 Å². The maximum absolute atomic E-state index is 5.88. The van der Waals surface area contributed by atoms with E-state index >= 15 is 0 Å². The van der Waals surface area contributed by atoms with Crippen molar-refractivity contribution >= 4 is 0 Å². The first-order valence-corrected chi connectivity index (χ1v) is 7.11. The van der Waals surface area contributed by atoms with Crippen LogP contribution in [0.25, 0.3) is 11.3 Å². The zero-order valence-corrected chi connectivity index (χ0v) is 13.0. The molecule has 0 aliphatic rings. The lowest BCUT2D eigenvalue weighted by atomic mass is 10.1. The number of hydrogen-bond acceptors (Lipinski definition) is 5. The van der Waals surface area contributed by atoms with Crippen LogP contribution in [0, 0.1) is 0 Å². The lowest BCUT2D eigenvalue weighted by Gasteiger charge is -2.11. The Morgan fingerprint density at radius 1 is 1.24 bits per heavy atom. The predicted octanol–water partition coefficient (Wildman–Crippen LogP) is 3.42. The van der Waals surface area contributed by atoms with Crippen LogP contribution >= 0.6 is 0 Å². The molecular weight excluding hydrogens is 268 g/mol. The molecule has 0 amide bonds. The number of nitrogens with one attached hydrogen (secondary N) is 1. The zero-order valence-electron chi connectivity index (χ0n) is 13.0. The van der Waals surface area contributed by atoms with Crippen LogP contribution in [0.3, 0.4) is 0 Å². The van der Waals surface area contributed by atoms with Gasteiger partial charge in [0.1, 0.15) is 17.1 Å². The molecule has 1 atom stereocenters. The topological polar surface area (TPSA) is 56.5 Å². The van der Waals surface area contributed by atoms with Gasteiger partial charge in [-0.05, 0) is 32.0 Å². The Bertz CT molecular complexity index is 558. The van der Waals surface area contributed by atoms with E-state index in [2.05, 4.69) is 17.2 Å². The number of benzene rings is 1. The largest absolute Gasteiger partial charge is 0.496 e. The molecule has 0 aliphatic carbocycles. The molecular formula is C16H22N2O3. The summed E-state index contributed by atoms with van der Waals surface area (Å²) >= 11 is 0. The second-order valence-electron chi connectivity index (χ2n) is 4.78. The Kier molecular flexibility index (Phi) is 5.22. The third kappa shape index (κ3) is 3.36. The molecule has 1 aromatic heterocycles. The fraction of sp³-hybridized carbons (Fsp3) is 0.438. The standard InChI is InChI=1S/C16H22N2O3/c1-5-9-17-11(2)16-18-10-14(21-16)15-12(19-3)7-6-8-13(15)20-4/h6-8,10-11,17H,5,9H2,1-4H3. The van der Waals surface area contributed by atoms with Crippen molar-refractivity contribution in [1.29, 1.82) is 0 Å². The van der Waals surface area contributed by atoms with E-state index in [4.69, 9.17) is 13.9 Å². The van der Waals surface area contributed by atoms with Gasteiger partial charge in [0.25, 0.3) is 0 Å².